The molecule has 2 heterocycles. The van der Waals surface area contributed by atoms with Crippen molar-refractivity contribution in [1.82, 2.24) is 9.71 Å². The van der Waals surface area contributed by atoms with E-state index in [1.165, 1.54) is 12.3 Å². The van der Waals surface area contributed by atoms with Gasteiger partial charge in [-0.1, -0.05) is 18.5 Å². The van der Waals surface area contributed by atoms with Gasteiger partial charge in [0.25, 0.3) is 0 Å². The standard InChI is InChI=1S/C12H17ClN2O3S/c1-2-10-9(5-7-18-10)8-15-19(16,17)11-4-3-6-14-12(11)13/h3-4,6,9-10,15H,2,5,7-8H2,1H3. The molecule has 0 amide bonds. The van der Waals surface area contributed by atoms with Crippen molar-refractivity contribution in [3.63, 3.8) is 0 Å². The fourth-order valence-corrected chi connectivity index (χ4v) is 3.79. The summed E-state index contributed by atoms with van der Waals surface area (Å²) >= 11 is 5.81. The first-order valence-corrected chi connectivity index (χ1v) is 8.12. The maximum Gasteiger partial charge on any atom is 0.243 e. The van der Waals surface area contributed by atoms with Gasteiger partial charge in [0.2, 0.25) is 10.0 Å². The van der Waals surface area contributed by atoms with E-state index in [-0.39, 0.29) is 22.1 Å². The first-order chi connectivity index (χ1) is 9.04. The van der Waals surface area contributed by atoms with Crippen LogP contribution >= 0.6 is 11.6 Å². The van der Waals surface area contributed by atoms with Gasteiger partial charge in [-0.2, -0.15) is 0 Å². The minimum atomic E-state index is -3.61. The van der Waals surface area contributed by atoms with Crippen molar-refractivity contribution in [2.45, 2.75) is 30.8 Å². The van der Waals surface area contributed by atoms with Crippen LogP contribution in [0.3, 0.4) is 0 Å². The Morgan fingerprint density at radius 1 is 1.58 bits per heavy atom. The topological polar surface area (TPSA) is 68.3 Å². The molecular formula is C12H17ClN2O3S. The molecule has 1 aromatic heterocycles. The van der Waals surface area contributed by atoms with Gasteiger partial charge < -0.3 is 4.74 Å². The third-order valence-corrected chi connectivity index (χ3v) is 5.17. The largest absolute Gasteiger partial charge is 0.378 e. The number of sulfonamides is 1. The number of aromatic nitrogens is 1. The van der Waals surface area contributed by atoms with Crippen molar-refractivity contribution in [3.05, 3.63) is 23.5 Å². The van der Waals surface area contributed by atoms with E-state index < -0.39 is 10.0 Å². The molecule has 0 aliphatic carbocycles. The van der Waals surface area contributed by atoms with Gasteiger partial charge >= 0.3 is 0 Å². The first kappa shape index (κ1) is 14.7. The van der Waals surface area contributed by atoms with Crippen LogP contribution < -0.4 is 4.72 Å². The summed E-state index contributed by atoms with van der Waals surface area (Å²) in [5.41, 5.74) is 0. The molecule has 0 spiro atoms. The predicted molar refractivity (Wildman–Crippen MR) is 72.6 cm³/mol. The third kappa shape index (κ3) is 3.45. The van der Waals surface area contributed by atoms with E-state index in [0.717, 1.165) is 12.8 Å². The fourth-order valence-electron chi connectivity index (χ4n) is 2.24. The molecule has 5 nitrogen and oxygen atoms in total. The highest BCUT2D eigenvalue weighted by Crippen LogP contribution is 2.24. The molecular weight excluding hydrogens is 288 g/mol. The van der Waals surface area contributed by atoms with Crippen molar-refractivity contribution in [3.8, 4) is 0 Å². The summed E-state index contributed by atoms with van der Waals surface area (Å²) in [6, 6.07) is 2.99. The van der Waals surface area contributed by atoms with E-state index in [4.69, 9.17) is 16.3 Å². The fraction of sp³-hybridized carbons (Fsp3) is 0.583. The van der Waals surface area contributed by atoms with E-state index in [0.29, 0.717) is 13.2 Å². The van der Waals surface area contributed by atoms with Crippen LogP contribution in [0.15, 0.2) is 23.2 Å². The molecule has 7 heteroatoms. The van der Waals surface area contributed by atoms with Crippen molar-refractivity contribution in [2.24, 2.45) is 5.92 Å². The molecule has 0 radical (unpaired) electrons. The predicted octanol–water partition coefficient (Wildman–Crippen LogP) is 1.83. The summed E-state index contributed by atoms with van der Waals surface area (Å²) in [5.74, 6) is 0.218. The minimum absolute atomic E-state index is 0.00952. The summed E-state index contributed by atoms with van der Waals surface area (Å²) < 4.78 is 32.4. The van der Waals surface area contributed by atoms with E-state index in [1.807, 2.05) is 6.92 Å². The Morgan fingerprint density at radius 2 is 2.37 bits per heavy atom. The van der Waals surface area contributed by atoms with Crippen LogP contribution in [0.5, 0.6) is 0 Å². The molecule has 1 aliphatic rings. The number of nitrogens with one attached hydrogen (secondary N) is 1. The highest BCUT2D eigenvalue weighted by molar-refractivity contribution is 7.89. The number of pyridine rings is 1. The average Bonchev–Trinajstić information content (AvgIpc) is 2.84. The van der Waals surface area contributed by atoms with Crippen molar-refractivity contribution in [2.75, 3.05) is 13.2 Å². The monoisotopic (exact) mass is 304 g/mol. The third-order valence-electron chi connectivity index (χ3n) is 3.30. The number of rotatable bonds is 5. The second kappa shape index (κ2) is 6.17. The molecule has 2 atom stereocenters. The molecule has 1 fully saturated rings. The summed E-state index contributed by atoms with van der Waals surface area (Å²) in [6.07, 6.45) is 3.35. The molecule has 0 saturated carbocycles. The molecule has 0 bridgehead atoms. The molecule has 106 valence electrons. The number of halogens is 1. The van der Waals surface area contributed by atoms with E-state index in [1.54, 1.807) is 6.07 Å². The lowest BCUT2D eigenvalue weighted by atomic mass is 10.0. The Kier molecular flexibility index (Phi) is 4.78. The van der Waals surface area contributed by atoms with Gasteiger partial charge in [-0.05, 0) is 25.0 Å². The summed E-state index contributed by atoms with van der Waals surface area (Å²) in [5, 5.41) is -0.00952. The molecule has 1 N–H and O–H groups in total. The van der Waals surface area contributed by atoms with Gasteiger partial charge in [-0.3, -0.25) is 0 Å². The average molecular weight is 305 g/mol. The number of nitrogens with zero attached hydrogens (tertiary/aromatic N) is 1. The molecule has 1 aromatic rings. The highest BCUT2D eigenvalue weighted by atomic mass is 35.5. The van der Waals surface area contributed by atoms with Gasteiger partial charge in [-0.25, -0.2) is 18.1 Å². The van der Waals surface area contributed by atoms with Crippen LogP contribution in [0.1, 0.15) is 19.8 Å². The quantitative estimate of drug-likeness (QED) is 0.843. The van der Waals surface area contributed by atoms with E-state index >= 15 is 0 Å². The Bertz CT molecular complexity index is 536. The van der Waals surface area contributed by atoms with E-state index in [2.05, 4.69) is 9.71 Å². The lowest BCUT2D eigenvalue weighted by molar-refractivity contribution is 0.0884. The molecule has 1 aliphatic heterocycles. The Morgan fingerprint density at radius 3 is 3.05 bits per heavy atom. The van der Waals surface area contributed by atoms with Gasteiger partial charge in [0.15, 0.2) is 0 Å². The first-order valence-electron chi connectivity index (χ1n) is 6.26. The smallest absolute Gasteiger partial charge is 0.243 e. The van der Waals surface area contributed by atoms with Crippen LogP contribution in [0.4, 0.5) is 0 Å². The molecule has 19 heavy (non-hydrogen) atoms. The second-order valence-corrected chi connectivity index (χ2v) is 6.60. The van der Waals surface area contributed by atoms with Gasteiger partial charge in [0, 0.05) is 25.3 Å². The normalized spacial score (nSPS) is 23.7. The zero-order valence-corrected chi connectivity index (χ0v) is 12.2. The molecule has 1 saturated heterocycles. The lowest BCUT2D eigenvalue weighted by Crippen LogP contribution is -2.33. The summed E-state index contributed by atoms with van der Waals surface area (Å²) in [7, 11) is -3.61. The Hall–Kier alpha value is -0.690. The molecule has 2 rings (SSSR count). The maximum absolute atomic E-state index is 12.1. The second-order valence-electron chi connectivity index (χ2n) is 4.51. The Balaban J connectivity index is 2.04. The summed E-state index contributed by atoms with van der Waals surface area (Å²) in [4.78, 5) is 3.80. The van der Waals surface area contributed by atoms with Crippen LogP contribution in [0, 0.1) is 5.92 Å². The van der Waals surface area contributed by atoms with Gasteiger partial charge in [-0.15, -0.1) is 0 Å². The number of ether oxygens (including phenoxy) is 1. The maximum atomic E-state index is 12.1. The van der Waals surface area contributed by atoms with Crippen molar-refractivity contribution < 1.29 is 13.2 Å². The zero-order chi connectivity index (χ0) is 13.9. The highest BCUT2D eigenvalue weighted by Gasteiger charge is 2.28. The van der Waals surface area contributed by atoms with Crippen LogP contribution in [-0.4, -0.2) is 32.7 Å². The van der Waals surface area contributed by atoms with Crippen molar-refractivity contribution in [1.29, 1.82) is 0 Å². The minimum Gasteiger partial charge on any atom is -0.378 e. The zero-order valence-electron chi connectivity index (χ0n) is 10.7. The summed E-state index contributed by atoms with van der Waals surface area (Å²) in [6.45, 7) is 3.10. The number of hydrogen-bond acceptors (Lipinski definition) is 4. The SMILES string of the molecule is CCC1OCCC1CNS(=O)(=O)c1cccnc1Cl. The molecule has 0 aromatic carbocycles. The van der Waals surface area contributed by atoms with Crippen LogP contribution in [0.2, 0.25) is 5.15 Å². The number of hydrogen-bond donors (Lipinski definition) is 1. The van der Waals surface area contributed by atoms with Crippen molar-refractivity contribution >= 4 is 21.6 Å². The van der Waals surface area contributed by atoms with Crippen LogP contribution in [0.25, 0.3) is 0 Å². The molecule has 2 unspecified atom stereocenters. The lowest BCUT2D eigenvalue weighted by Gasteiger charge is -2.17. The van der Waals surface area contributed by atoms with Gasteiger partial charge in [0.1, 0.15) is 10.0 Å². The Labute approximate surface area is 118 Å². The van der Waals surface area contributed by atoms with Crippen LogP contribution in [-0.2, 0) is 14.8 Å². The van der Waals surface area contributed by atoms with Gasteiger partial charge in [0.05, 0.1) is 6.10 Å². The van der Waals surface area contributed by atoms with E-state index in [9.17, 15) is 8.42 Å².